The number of carbonyl (C=O) groups is 2. The summed E-state index contributed by atoms with van der Waals surface area (Å²) in [4.78, 5) is 28.5. The monoisotopic (exact) mass is 353 g/mol. The van der Waals surface area contributed by atoms with Crippen LogP contribution in [0.25, 0.3) is 11.1 Å². The number of amides is 1. The van der Waals surface area contributed by atoms with Gasteiger partial charge in [-0.2, -0.15) is 0 Å². The van der Waals surface area contributed by atoms with Crippen molar-refractivity contribution in [1.29, 1.82) is 0 Å². The fraction of sp³-hybridized carbons (Fsp3) is 0.263. The van der Waals surface area contributed by atoms with Crippen LogP contribution in [0.2, 0.25) is 0 Å². The van der Waals surface area contributed by atoms with Crippen molar-refractivity contribution >= 4 is 28.7 Å². The Morgan fingerprint density at radius 3 is 2.58 bits per heavy atom. The summed E-state index contributed by atoms with van der Waals surface area (Å²) in [6.45, 7) is 7.49. The van der Waals surface area contributed by atoms with Crippen molar-refractivity contribution in [2.45, 2.75) is 33.6 Å². The quantitative estimate of drug-likeness (QED) is 0.736. The van der Waals surface area contributed by atoms with E-state index in [1.807, 2.05) is 13.8 Å². The summed E-state index contributed by atoms with van der Waals surface area (Å²) in [5.41, 5.74) is 3.32. The van der Waals surface area contributed by atoms with Crippen molar-refractivity contribution in [3.63, 3.8) is 0 Å². The predicted octanol–water partition coefficient (Wildman–Crippen LogP) is 3.91. The first-order valence-corrected chi connectivity index (χ1v) is 8.20. The minimum absolute atomic E-state index is 0.105. The lowest BCUT2D eigenvalue weighted by molar-refractivity contribution is 0.0696. The molecule has 0 unspecified atom stereocenters. The normalized spacial score (nSPS) is 11.1. The molecule has 2 N–H and O–H groups in total. The molecular formula is C19H19N3O4. The van der Waals surface area contributed by atoms with Crippen molar-refractivity contribution in [3.8, 4) is 0 Å². The van der Waals surface area contributed by atoms with Crippen LogP contribution in [0.4, 0.5) is 5.69 Å². The third-order valence-electron chi connectivity index (χ3n) is 4.21. The maximum Gasteiger partial charge on any atom is 0.335 e. The van der Waals surface area contributed by atoms with Crippen LogP contribution < -0.4 is 5.32 Å². The second-order valence-corrected chi connectivity index (χ2v) is 6.49. The first kappa shape index (κ1) is 17.6. The van der Waals surface area contributed by atoms with Crippen LogP contribution in [-0.4, -0.2) is 27.1 Å². The number of carboxylic acids is 1. The number of hydrogen-bond donors (Lipinski definition) is 2. The van der Waals surface area contributed by atoms with Gasteiger partial charge in [-0.15, -0.1) is 0 Å². The molecule has 2 aromatic heterocycles. The average Bonchev–Trinajstić information content (AvgIpc) is 2.97. The molecule has 2 heterocycles. The number of nitrogens with zero attached hydrogens (tertiary/aromatic N) is 2. The van der Waals surface area contributed by atoms with E-state index in [1.165, 1.54) is 12.1 Å². The molecule has 3 rings (SSSR count). The fourth-order valence-electron chi connectivity index (χ4n) is 2.67. The molecule has 7 nitrogen and oxygen atoms in total. The SMILES string of the molecule is Cc1ccc(C(=O)O)cc1NC(=O)c1cc(C(C)C)nc2onc(C)c12. The van der Waals surface area contributed by atoms with Crippen LogP contribution >= 0.6 is 0 Å². The van der Waals surface area contributed by atoms with Crippen LogP contribution in [0.3, 0.4) is 0 Å². The zero-order valence-electron chi connectivity index (χ0n) is 15.0. The zero-order chi connectivity index (χ0) is 19.0. The standard InChI is InChI=1S/C19H19N3O4/c1-9(2)14-8-13(16-11(4)22-26-18(16)21-14)17(23)20-15-7-12(19(24)25)6-5-10(15)3/h5-9H,1-4H3,(H,20,23)(H,24,25). The van der Waals surface area contributed by atoms with Crippen LogP contribution in [0.1, 0.15) is 57.4 Å². The van der Waals surface area contributed by atoms with E-state index in [-0.39, 0.29) is 17.4 Å². The van der Waals surface area contributed by atoms with Gasteiger partial charge in [0.15, 0.2) is 0 Å². The third-order valence-corrected chi connectivity index (χ3v) is 4.21. The molecule has 26 heavy (non-hydrogen) atoms. The van der Waals surface area contributed by atoms with Crippen molar-refractivity contribution < 1.29 is 19.2 Å². The van der Waals surface area contributed by atoms with Gasteiger partial charge < -0.3 is 14.9 Å². The van der Waals surface area contributed by atoms with Crippen molar-refractivity contribution in [2.24, 2.45) is 0 Å². The Morgan fingerprint density at radius 1 is 1.19 bits per heavy atom. The summed E-state index contributed by atoms with van der Waals surface area (Å²) < 4.78 is 5.24. The Bertz CT molecular complexity index is 1020. The van der Waals surface area contributed by atoms with Crippen molar-refractivity contribution in [2.75, 3.05) is 5.32 Å². The third kappa shape index (κ3) is 3.15. The molecule has 0 bridgehead atoms. The smallest absolute Gasteiger partial charge is 0.335 e. The molecule has 3 aromatic rings. The van der Waals surface area contributed by atoms with E-state index in [0.717, 1.165) is 11.3 Å². The topological polar surface area (TPSA) is 105 Å². The Labute approximate surface area is 150 Å². The molecule has 0 spiro atoms. The van der Waals surface area contributed by atoms with Crippen LogP contribution in [0, 0.1) is 13.8 Å². The molecule has 0 aliphatic carbocycles. The van der Waals surface area contributed by atoms with Crippen LogP contribution in [-0.2, 0) is 0 Å². The van der Waals surface area contributed by atoms with E-state index < -0.39 is 5.97 Å². The highest BCUT2D eigenvalue weighted by Crippen LogP contribution is 2.26. The molecule has 134 valence electrons. The van der Waals surface area contributed by atoms with E-state index in [1.54, 1.807) is 26.0 Å². The minimum Gasteiger partial charge on any atom is -0.478 e. The molecular weight excluding hydrogens is 334 g/mol. The number of carbonyl (C=O) groups excluding carboxylic acids is 1. The lowest BCUT2D eigenvalue weighted by atomic mass is 10.0. The second-order valence-electron chi connectivity index (χ2n) is 6.49. The molecule has 0 atom stereocenters. The molecule has 0 radical (unpaired) electrons. The van der Waals surface area contributed by atoms with Gasteiger partial charge in [0.25, 0.3) is 11.6 Å². The Kier molecular flexibility index (Phi) is 4.46. The van der Waals surface area contributed by atoms with E-state index in [4.69, 9.17) is 9.63 Å². The number of hydrogen-bond acceptors (Lipinski definition) is 5. The van der Waals surface area contributed by atoms with Gasteiger partial charge in [-0.1, -0.05) is 25.1 Å². The summed E-state index contributed by atoms with van der Waals surface area (Å²) in [7, 11) is 0. The molecule has 0 saturated heterocycles. The van der Waals surface area contributed by atoms with Crippen molar-refractivity contribution in [1.82, 2.24) is 10.1 Å². The lowest BCUT2D eigenvalue weighted by Gasteiger charge is -2.12. The Morgan fingerprint density at radius 2 is 1.92 bits per heavy atom. The van der Waals surface area contributed by atoms with Gasteiger partial charge in [0, 0.05) is 11.4 Å². The number of fused-ring (bicyclic) bond motifs is 1. The number of aryl methyl sites for hydroxylation is 2. The number of rotatable bonds is 4. The van der Waals surface area contributed by atoms with Gasteiger partial charge in [0.2, 0.25) is 0 Å². The zero-order valence-corrected chi connectivity index (χ0v) is 15.0. The highest BCUT2D eigenvalue weighted by molar-refractivity contribution is 6.12. The number of anilines is 1. The summed E-state index contributed by atoms with van der Waals surface area (Å²) in [5.74, 6) is -1.31. The summed E-state index contributed by atoms with van der Waals surface area (Å²) in [5, 5.41) is 16.4. The molecule has 0 fully saturated rings. The number of pyridine rings is 1. The molecule has 0 aliphatic heterocycles. The number of benzene rings is 1. The first-order valence-electron chi connectivity index (χ1n) is 8.20. The minimum atomic E-state index is -1.05. The molecule has 7 heteroatoms. The van der Waals surface area contributed by atoms with Gasteiger partial charge in [-0.25, -0.2) is 9.78 Å². The fourth-order valence-corrected chi connectivity index (χ4v) is 2.67. The Balaban J connectivity index is 2.07. The van der Waals surface area contributed by atoms with E-state index in [2.05, 4.69) is 15.5 Å². The molecule has 1 amide bonds. The highest BCUT2D eigenvalue weighted by Gasteiger charge is 2.20. The van der Waals surface area contributed by atoms with Gasteiger partial charge >= 0.3 is 5.97 Å². The van der Waals surface area contributed by atoms with E-state index in [0.29, 0.717) is 28.0 Å². The first-order chi connectivity index (χ1) is 12.3. The maximum atomic E-state index is 12.9. The molecule has 0 saturated carbocycles. The highest BCUT2D eigenvalue weighted by atomic mass is 16.5. The predicted molar refractivity (Wildman–Crippen MR) is 96.7 cm³/mol. The van der Waals surface area contributed by atoms with Gasteiger partial charge in [0.1, 0.15) is 0 Å². The number of nitrogens with one attached hydrogen (secondary N) is 1. The lowest BCUT2D eigenvalue weighted by Crippen LogP contribution is -2.15. The number of aromatic carboxylic acids is 1. The second kappa shape index (κ2) is 6.59. The van der Waals surface area contributed by atoms with Crippen molar-refractivity contribution in [3.05, 3.63) is 52.3 Å². The average molecular weight is 353 g/mol. The number of carboxylic acid groups (broad SMARTS) is 1. The molecule has 0 aliphatic rings. The summed E-state index contributed by atoms with van der Waals surface area (Å²) >= 11 is 0. The van der Waals surface area contributed by atoms with Gasteiger partial charge in [-0.05, 0) is 43.5 Å². The van der Waals surface area contributed by atoms with E-state index >= 15 is 0 Å². The Hall–Kier alpha value is -3.22. The largest absolute Gasteiger partial charge is 0.478 e. The van der Waals surface area contributed by atoms with E-state index in [9.17, 15) is 9.59 Å². The van der Waals surface area contributed by atoms with Crippen LogP contribution in [0.5, 0.6) is 0 Å². The maximum absolute atomic E-state index is 12.9. The van der Waals surface area contributed by atoms with Gasteiger partial charge in [-0.3, -0.25) is 4.79 Å². The summed E-state index contributed by atoms with van der Waals surface area (Å²) in [6.07, 6.45) is 0. The summed E-state index contributed by atoms with van der Waals surface area (Å²) in [6, 6.07) is 6.32. The van der Waals surface area contributed by atoms with Gasteiger partial charge in [0.05, 0.1) is 22.2 Å². The molecule has 1 aromatic carbocycles. The number of aromatic nitrogens is 2. The van der Waals surface area contributed by atoms with Crippen LogP contribution in [0.15, 0.2) is 28.8 Å².